The molecule has 5 heteroatoms. The zero-order valence-electron chi connectivity index (χ0n) is 14.4. The number of nitrogens with zero attached hydrogens (tertiary/aromatic N) is 2. The van der Waals surface area contributed by atoms with Gasteiger partial charge in [0.25, 0.3) is 0 Å². The Morgan fingerprint density at radius 3 is 2.54 bits per heavy atom. The Labute approximate surface area is 156 Å². The summed E-state index contributed by atoms with van der Waals surface area (Å²) >= 11 is 1.60. The number of hydrogen-bond acceptors (Lipinski definition) is 5. The zero-order valence-corrected chi connectivity index (χ0v) is 15.2. The third-order valence-corrected chi connectivity index (χ3v) is 5.54. The van der Waals surface area contributed by atoms with Crippen LogP contribution in [0.5, 0.6) is 5.75 Å². The smallest absolute Gasteiger partial charge is 0.343 e. The quantitative estimate of drug-likeness (QED) is 0.486. The molecule has 1 aliphatic heterocycles. The van der Waals surface area contributed by atoms with Crippen LogP contribution in [0.3, 0.4) is 0 Å². The van der Waals surface area contributed by atoms with Crippen LogP contribution in [0, 0.1) is 0 Å². The standard InChI is InChI=1S/C21H20N2O2S/c24-21(16-9-3-1-4-10-16)25-20-17-11-5-6-12-18(17)26-19(20)15-22-23-13-7-2-8-14-23/h1,3-6,9-12,15H,2,7-8,13-14H2. The zero-order chi connectivity index (χ0) is 17.8. The number of fused-ring (bicyclic) bond motifs is 1. The van der Waals surface area contributed by atoms with Crippen LogP contribution in [0.1, 0.15) is 34.5 Å². The van der Waals surface area contributed by atoms with Gasteiger partial charge in [-0.15, -0.1) is 11.3 Å². The number of thiophene rings is 1. The van der Waals surface area contributed by atoms with Crippen LogP contribution in [0.25, 0.3) is 10.1 Å². The number of hydrogen-bond donors (Lipinski definition) is 0. The maximum absolute atomic E-state index is 12.5. The average Bonchev–Trinajstić information content (AvgIpc) is 3.05. The first-order valence-corrected chi connectivity index (χ1v) is 9.70. The Balaban J connectivity index is 1.65. The summed E-state index contributed by atoms with van der Waals surface area (Å²) in [5.74, 6) is 0.252. The molecule has 0 bridgehead atoms. The topological polar surface area (TPSA) is 41.9 Å². The summed E-state index contributed by atoms with van der Waals surface area (Å²) in [7, 11) is 0. The molecule has 0 aliphatic carbocycles. The van der Waals surface area contributed by atoms with Crippen LogP contribution in [0.15, 0.2) is 59.7 Å². The van der Waals surface area contributed by atoms with E-state index in [-0.39, 0.29) is 5.97 Å². The fourth-order valence-corrected chi connectivity index (χ4v) is 4.08. The van der Waals surface area contributed by atoms with Crippen LogP contribution < -0.4 is 4.74 Å². The first kappa shape index (κ1) is 16.8. The molecule has 0 atom stereocenters. The molecule has 1 saturated heterocycles. The van der Waals surface area contributed by atoms with Crippen LogP contribution in [0.4, 0.5) is 0 Å². The summed E-state index contributed by atoms with van der Waals surface area (Å²) in [5.41, 5.74) is 0.543. The van der Waals surface area contributed by atoms with E-state index in [9.17, 15) is 4.79 Å². The van der Waals surface area contributed by atoms with E-state index < -0.39 is 0 Å². The molecular weight excluding hydrogens is 344 g/mol. The largest absolute Gasteiger partial charge is 0.421 e. The summed E-state index contributed by atoms with van der Waals surface area (Å²) in [6, 6.07) is 17.1. The van der Waals surface area contributed by atoms with Crippen molar-refractivity contribution in [3.8, 4) is 5.75 Å². The number of hydrazone groups is 1. The van der Waals surface area contributed by atoms with Crippen molar-refractivity contribution in [3.63, 3.8) is 0 Å². The fraction of sp³-hybridized carbons (Fsp3) is 0.238. The summed E-state index contributed by atoms with van der Waals surface area (Å²) in [4.78, 5) is 13.4. The van der Waals surface area contributed by atoms with E-state index in [0.29, 0.717) is 11.3 Å². The van der Waals surface area contributed by atoms with Gasteiger partial charge >= 0.3 is 5.97 Å². The number of piperidine rings is 1. The number of carbonyl (C=O) groups excluding carboxylic acids is 1. The van der Waals surface area contributed by atoms with Crippen LogP contribution in [0.2, 0.25) is 0 Å². The van der Waals surface area contributed by atoms with Crippen molar-refractivity contribution < 1.29 is 9.53 Å². The molecule has 2 heterocycles. The van der Waals surface area contributed by atoms with E-state index in [0.717, 1.165) is 28.1 Å². The highest BCUT2D eigenvalue weighted by Crippen LogP contribution is 2.37. The Morgan fingerprint density at radius 1 is 1.00 bits per heavy atom. The number of benzene rings is 2. The second kappa shape index (κ2) is 7.70. The van der Waals surface area contributed by atoms with Crippen molar-refractivity contribution in [1.82, 2.24) is 5.01 Å². The molecule has 4 nitrogen and oxygen atoms in total. The van der Waals surface area contributed by atoms with Gasteiger partial charge in [0, 0.05) is 23.2 Å². The third kappa shape index (κ3) is 3.63. The van der Waals surface area contributed by atoms with Gasteiger partial charge in [0.1, 0.15) is 0 Å². The highest BCUT2D eigenvalue weighted by molar-refractivity contribution is 7.21. The molecule has 0 unspecified atom stereocenters. The first-order valence-electron chi connectivity index (χ1n) is 8.89. The minimum atomic E-state index is -0.346. The van der Waals surface area contributed by atoms with Gasteiger partial charge in [0.2, 0.25) is 0 Å². The number of ether oxygens (including phenoxy) is 1. The molecule has 4 rings (SSSR count). The van der Waals surface area contributed by atoms with Gasteiger partial charge in [-0.25, -0.2) is 4.79 Å². The Hall–Kier alpha value is -2.66. The second-order valence-electron chi connectivity index (χ2n) is 6.31. The first-order chi connectivity index (χ1) is 12.8. The highest BCUT2D eigenvalue weighted by atomic mass is 32.1. The molecule has 0 N–H and O–H groups in total. The van der Waals surface area contributed by atoms with Gasteiger partial charge in [-0.05, 0) is 43.5 Å². The molecular formula is C21H20N2O2S. The normalized spacial score (nSPS) is 14.8. The van der Waals surface area contributed by atoms with Crippen molar-refractivity contribution in [2.75, 3.05) is 13.1 Å². The van der Waals surface area contributed by atoms with Crippen molar-refractivity contribution in [1.29, 1.82) is 0 Å². The van der Waals surface area contributed by atoms with E-state index in [1.54, 1.807) is 23.5 Å². The molecule has 26 heavy (non-hydrogen) atoms. The Morgan fingerprint density at radius 2 is 1.73 bits per heavy atom. The van der Waals surface area contributed by atoms with E-state index >= 15 is 0 Å². The van der Waals surface area contributed by atoms with Gasteiger partial charge in [-0.2, -0.15) is 5.10 Å². The lowest BCUT2D eigenvalue weighted by molar-refractivity contribution is 0.0737. The van der Waals surface area contributed by atoms with E-state index in [1.807, 2.05) is 48.7 Å². The molecule has 1 aliphatic rings. The summed E-state index contributed by atoms with van der Waals surface area (Å²) in [6.45, 7) is 1.97. The predicted octanol–water partition coefficient (Wildman–Crippen LogP) is 4.94. The van der Waals surface area contributed by atoms with Crippen molar-refractivity contribution in [2.24, 2.45) is 5.10 Å². The summed E-state index contributed by atoms with van der Waals surface area (Å²) in [6.07, 6.45) is 5.47. The van der Waals surface area contributed by atoms with Gasteiger partial charge < -0.3 is 4.74 Å². The summed E-state index contributed by atoms with van der Waals surface area (Å²) in [5, 5.41) is 7.66. The molecule has 0 spiro atoms. The monoisotopic (exact) mass is 364 g/mol. The third-order valence-electron chi connectivity index (χ3n) is 4.45. The van der Waals surface area contributed by atoms with Gasteiger partial charge in [0.15, 0.2) is 5.75 Å². The number of esters is 1. The molecule has 132 valence electrons. The highest BCUT2D eigenvalue weighted by Gasteiger charge is 2.17. The lowest BCUT2D eigenvalue weighted by Gasteiger charge is -2.23. The number of rotatable bonds is 4. The van der Waals surface area contributed by atoms with Crippen molar-refractivity contribution in [2.45, 2.75) is 19.3 Å². The molecule has 1 fully saturated rings. The van der Waals surface area contributed by atoms with E-state index in [4.69, 9.17) is 4.74 Å². The fourth-order valence-electron chi connectivity index (χ4n) is 3.08. The minimum Gasteiger partial charge on any atom is -0.421 e. The minimum absolute atomic E-state index is 0.346. The predicted molar refractivity (Wildman–Crippen MR) is 106 cm³/mol. The van der Waals surface area contributed by atoms with Gasteiger partial charge in [-0.3, -0.25) is 5.01 Å². The van der Waals surface area contributed by atoms with Crippen LogP contribution in [-0.4, -0.2) is 30.3 Å². The van der Waals surface area contributed by atoms with E-state index in [2.05, 4.69) is 10.1 Å². The summed E-state index contributed by atoms with van der Waals surface area (Å²) < 4.78 is 6.87. The molecule has 0 amide bonds. The molecule has 0 radical (unpaired) electrons. The molecule has 1 aromatic heterocycles. The lowest BCUT2D eigenvalue weighted by atomic mass is 10.2. The van der Waals surface area contributed by atoms with Gasteiger partial charge in [-0.1, -0.05) is 30.3 Å². The van der Waals surface area contributed by atoms with Crippen LogP contribution >= 0.6 is 11.3 Å². The Bertz CT molecular complexity index is 928. The average molecular weight is 364 g/mol. The van der Waals surface area contributed by atoms with Crippen molar-refractivity contribution in [3.05, 3.63) is 65.0 Å². The molecule has 0 saturated carbocycles. The lowest BCUT2D eigenvalue weighted by Crippen LogP contribution is -2.24. The maximum atomic E-state index is 12.5. The maximum Gasteiger partial charge on any atom is 0.343 e. The Kier molecular flexibility index (Phi) is 4.97. The van der Waals surface area contributed by atoms with Gasteiger partial charge in [0.05, 0.1) is 16.7 Å². The number of carbonyl (C=O) groups is 1. The van der Waals surface area contributed by atoms with Crippen LogP contribution in [-0.2, 0) is 0 Å². The molecule has 2 aromatic carbocycles. The van der Waals surface area contributed by atoms with Crippen molar-refractivity contribution >= 4 is 33.6 Å². The van der Waals surface area contributed by atoms with E-state index in [1.165, 1.54) is 19.3 Å². The second-order valence-corrected chi connectivity index (χ2v) is 7.39. The SMILES string of the molecule is O=C(Oc1c(C=NN2CCCCC2)sc2ccccc12)c1ccccc1. The molecule has 3 aromatic rings.